The molecular weight excluding hydrogens is 359 g/mol. The van der Waals surface area contributed by atoms with Crippen LogP contribution in [0, 0.1) is 5.82 Å². The lowest BCUT2D eigenvalue weighted by Crippen LogP contribution is -2.47. The number of amides is 3. The van der Waals surface area contributed by atoms with Crippen molar-refractivity contribution < 1.29 is 23.5 Å². The summed E-state index contributed by atoms with van der Waals surface area (Å²) >= 11 is 1.39. The van der Waals surface area contributed by atoms with E-state index in [0.29, 0.717) is 5.75 Å². The number of benzene rings is 1. The zero-order valence-electron chi connectivity index (χ0n) is 14.6. The number of urea groups is 1. The van der Waals surface area contributed by atoms with Crippen LogP contribution in [-0.4, -0.2) is 35.8 Å². The number of esters is 1. The smallest absolute Gasteiger partial charge is 0.321 e. The Balaban J connectivity index is 1.64. The Bertz CT molecular complexity index is 633. The van der Waals surface area contributed by atoms with Crippen molar-refractivity contribution in [3.8, 4) is 0 Å². The summed E-state index contributed by atoms with van der Waals surface area (Å²) in [7, 11) is 0. The molecule has 1 aliphatic rings. The van der Waals surface area contributed by atoms with Crippen molar-refractivity contribution in [2.45, 2.75) is 56.1 Å². The monoisotopic (exact) mass is 382 g/mol. The maximum atomic E-state index is 12.8. The zero-order valence-corrected chi connectivity index (χ0v) is 15.4. The van der Waals surface area contributed by atoms with Gasteiger partial charge in [0.2, 0.25) is 0 Å². The summed E-state index contributed by atoms with van der Waals surface area (Å²) in [5.74, 6) is -1.05. The van der Waals surface area contributed by atoms with Crippen LogP contribution in [0.4, 0.5) is 9.18 Å². The van der Waals surface area contributed by atoms with Crippen molar-refractivity contribution >= 4 is 29.7 Å². The van der Waals surface area contributed by atoms with E-state index in [1.807, 2.05) is 0 Å². The van der Waals surface area contributed by atoms with Crippen LogP contribution in [0.2, 0.25) is 0 Å². The largest absolute Gasteiger partial charge is 0.453 e. The van der Waals surface area contributed by atoms with E-state index in [1.54, 1.807) is 12.1 Å². The summed E-state index contributed by atoms with van der Waals surface area (Å²) in [5, 5.41) is 4.93. The number of hydrogen-bond donors (Lipinski definition) is 2. The number of thioether (sulfide) groups is 1. The third kappa shape index (κ3) is 7.03. The predicted octanol–water partition coefficient (Wildman–Crippen LogP) is 3.01. The molecule has 8 heteroatoms. The average Bonchev–Trinajstić information content (AvgIpc) is 3.09. The number of carbonyl (C=O) groups excluding carboxylic acids is 3. The number of ether oxygens (including phenoxy) is 1. The molecule has 3 amide bonds. The van der Waals surface area contributed by atoms with Crippen LogP contribution in [0.5, 0.6) is 0 Å². The molecule has 1 aromatic rings. The van der Waals surface area contributed by atoms with Gasteiger partial charge in [-0.1, -0.05) is 12.8 Å². The lowest BCUT2D eigenvalue weighted by molar-refractivity contribution is -0.154. The molecule has 1 atom stereocenters. The summed E-state index contributed by atoms with van der Waals surface area (Å²) in [6, 6.07) is 5.50. The minimum atomic E-state index is -1.05. The van der Waals surface area contributed by atoms with Gasteiger partial charge in [-0.15, -0.1) is 11.8 Å². The summed E-state index contributed by atoms with van der Waals surface area (Å²) in [6.45, 7) is 1.42. The molecule has 6 nitrogen and oxygen atoms in total. The van der Waals surface area contributed by atoms with Crippen molar-refractivity contribution in [3.05, 3.63) is 30.1 Å². The van der Waals surface area contributed by atoms with Gasteiger partial charge in [0.05, 0.1) is 6.42 Å². The molecule has 1 aromatic carbocycles. The third-order valence-electron chi connectivity index (χ3n) is 3.99. The molecule has 0 bridgehead atoms. The number of hydrogen-bond acceptors (Lipinski definition) is 5. The zero-order chi connectivity index (χ0) is 18.9. The van der Waals surface area contributed by atoms with Crippen LogP contribution in [0.25, 0.3) is 0 Å². The second kappa shape index (κ2) is 10.2. The van der Waals surface area contributed by atoms with Gasteiger partial charge in [-0.05, 0) is 44.0 Å². The van der Waals surface area contributed by atoms with Crippen molar-refractivity contribution in [2.24, 2.45) is 0 Å². The molecule has 0 aliphatic heterocycles. The maximum absolute atomic E-state index is 12.8. The van der Waals surface area contributed by atoms with Gasteiger partial charge in [-0.3, -0.25) is 14.9 Å². The van der Waals surface area contributed by atoms with Crippen LogP contribution < -0.4 is 10.6 Å². The number of imide groups is 1. The quantitative estimate of drug-likeness (QED) is 0.559. The van der Waals surface area contributed by atoms with Crippen LogP contribution in [-0.2, 0) is 14.3 Å². The van der Waals surface area contributed by atoms with Crippen LogP contribution >= 0.6 is 11.8 Å². The van der Waals surface area contributed by atoms with Crippen LogP contribution in [0.1, 0.15) is 39.0 Å². The molecule has 0 aromatic heterocycles. The van der Waals surface area contributed by atoms with Gasteiger partial charge < -0.3 is 10.1 Å². The second-order valence-electron chi connectivity index (χ2n) is 6.13. The minimum absolute atomic E-state index is 0.101. The summed E-state index contributed by atoms with van der Waals surface area (Å²) in [6.07, 6.45) is 3.03. The van der Waals surface area contributed by atoms with Crippen molar-refractivity contribution in [2.75, 3.05) is 5.75 Å². The van der Waals surface area contributed by atoms with E-state index in [9.17, 15) is 18.8 Å². The summed E-state index contributed by atoms with van der Waals surface area (Å²) in [5.41, 5.74) is 0. The van der Waals surface area contributed by atoms with Crippen molar-refractivity contribution in [1.82, 2.24) is 10.6 Å². The van der Waals surface area contributed by atoms with Crippen molar-refractivity contribution in [1.29, 1.82) is 0 Å². The van der Waals surface area contributed by atoms with E-state index in [1.165, 1.54) is 30.8 Å². The molecule has 26 heavy (non-hydrogen) atoms. The highest BCUT2D eigenvalue weighted by Crippen LogP contribution is 2.19. The molecule has 2 rings (SSSR count). The molecular formula is C18H23FN2O4S. The molecule has 0 heterocycles. The number of rotatable bonds is 7. The van der Waals surface area contributed by atoms with Gasteiger partial charge >= 0.3 is 12.0 Å². The van der Waals surface area contributed by atoms with Crippen LogP contribution in [0.3, 0.4) is 0 Å². The molecule has 0 radical (unpaired) electrons. The topological polar surface area (TPSA) is 84.5 Å². The average molecular weight is 382 g/mol. The Morgan fingerprint density at radius 2 is 1.88 bits per heavy atom. The van der Waals surface area contributed by atoms with Crippen LogP contribution in [0.15, 0.2) is 29.2 Å². The van der Waals surface area contributed by atoms with E-state index in [-0.39, 0.29) is 18.3 Å². The van der Waals surface area contributed by atoms with E-state index < -0.39 is 24.0 Å². The molecule has 142 valence electrons. The SMILES string of the molecule is C[C@H](OC(=O)CCSc1ccc(F)cc1)C(=O)NC(=O)NC1CCCC1. The highest BCUT2D eigenvalue weighted by atomic mass is 32.2. The number of nitrogens with one attached hydrogen (secondary N) is 2. The Hall–Kier alpha value is -2.09. The first kappa shape index (κ1) is 20.2. The van der Waals surface area contributed by atoms with E-state index in [2.05, 4.69) is 10.6 Å². The Kier molecular flexibility index (Phi) is 7.90. The molecule has 0 unspecified atom stereocenters. The summed E-state index contributed by atoms with van der Waals surface area (Å²) < 4.78 is 17.8. The fourth-order valence-electron chi connectivity index (χ4n) is 2.60. The van der Waals surface area contributed by atoms with Gasteiger partial charge in [-0.25, -0.2) is 9.18 Å². The number of halogens is 1. The van der Waals surface area contributed by atoms with E-state index in [0.717, 1.165) is 30.6 Å². The molecule has 1 fully saturated rings. The minimum Gasteiger partial charge on any atom is -0.453 e. The highest BCUT2D eigenvalue weighted by Gasteiger charge is 2.22. The Morgan fingerprint density at radius 1 is 1.23 bits per heavy atom. The first-order valence-corrected chi connectivity index (χ1v) is 9.62. The molecule has 1 aliphatic carbocycles. The van der Waals surface area contributed by atoms with E-state index in [4.69, 9.17) is 4.74 Å². The maximum Gasteiger partial charge on any atom is 0.321 e. The third-order valence-corrected chi connectivity index (χ3v) is 5.01. The normalized spacial score (nSPS) is 15.3. The summed E-state index contributed by atoms with van der Waals surface area (Å²) in [4.78, 5) is 36.3. The highest BCUT2D eigenvalue weighted by molar-refractivity contribution is 7.99. The van der Waals surface area contributed by atoms with E-state index >= 15 is 0 Å². The molecule has 0 spiro atoms. The second-order valence-corrected chi connectivity index (χ2v) is 7.30. The predicted molar refractivity (Wildman–Crippen MR) is 96.2 cm³/mol. The van der Waals surface area contributed by atoms with Gasteiger partial charge in [0.15, 0.2) is 6.10 Å². The first-order chi connectivity index (χ1) is 12.4. The lowest BCUT2D eigenvalue weighted by Gasteiger charge is -2.15. The fraction of sp³-hybridized carbons (Fsp3) is 0.500. The number of carbonyl (C=O) groups is 3. The van der Waals surface area contributed by atoms with Gasteiger partial charge in [0, 0.05) is 16.7 Å². The van der Waals surface area contributed by atoms with Crippen molar-refractivity contribution in [3.63, 3.8) is 0 Å². The lowest BCUT2D eigenvalue weighted by atomic mass is 10.2. The molecule has 0 saturated heterocycles. The molecule has 1 saturated carbocycles. The Labute approximate surface area is 156 Å². The van der Waals surface area contributed by atoms with Gasteiger partial charge in [-0.2, -0.15) is 0 Å². The first-order valence-electron chi connectivity index (χ1n) is 8.63. The van der Waals surface area contributed by atoms with Gasteiger partial charge in [0.25, 0.3) is 5.91 Å². The Morgan fingerprint density at radius 3 is 2.54 bits per heavy atom. The standard InChI is InChI=1S/C18H23FN2O4S/c1-12(17(23)21-18(24)20-14-4-2-3-5-14)25-16(22)10-11-26-15-8-6-13(19)7-9-15/h6-9,12,14H,2-5,10-11H2,1H3,(H2,20,21,23,24)/t12-/m0/s1. The van der Waals surface area contributed by atoms with Gasteiger partial charge in [0.1, 0.15) is 5.82 Å². The molecule has 2 N–H and O–H groups in total. The fourth-order valence-corrected chi connectivity index (χ4v) is 3.43.